The van der Waals surface area contributed by atoms with Crippen molar-refractivity contribution in [1.82, 2.24) is 0 Å². The molecule has 0 spiro atoms. The van der Waals surface area contributed by atoms with Crippen molar-refractivity contribution in [3.63, 3.8) is 0 Å². The molecule has 0 aromatic heterocycles. The van der Waals surface area contributed by atoms with Crippen LogP contribution in [0.4, 0.5) is 42.9 Å². The molecule has 1 unspecified atom stereocenters. The van der Waals surface area contributed by atoms with E-state index in [1.54, 1.807) is 12.1 Å². The second kappa shape index (κ2) is 17.0. The van der Waals surface area contributed by atoms with E-state index in [0.717, 1.165) is 45.3 Å². The van der Waals surface area contributed by atoms with E-state index in [1.807, 2.05) is 24.3 Å². The summed E-state index contributed by atoms with van der Waals surface area (Å²) in [6.45, 7) is 14.2. The predicted octanol–water partition coefficient (Wildman–Crippen LogP) is 17.6. The van der Waals surface area contributed by atoms with Gasteiger partial charge in [0.1, 0.15) is 11.6 Å². The fourth-order valence-corrected chi connectivity index (χ4v) is 13.5. The second-order valence-corrected chi connectivity index (χ2v) is 31.4. The maximum atomic E-state index is 14.7. The minimum Gasteiger partial charge on any atom is -0.311 e. The minimum absolute atomic E-state index is 0.113. The zero-order valence-electron chi connectivity index (χ0n) is 40.9. The van der Waals surface area contributed by atoms with Crippen LogP contribution in [0.1, 0.15) is 22.6 Å². The third-order valence-corrected chi connectivity index (χ3v) is 18.9. The van der Waals surface area contributed by atoms with Gasteiger partial charge in [0.25, 0.3) is 0 Å². The van der Waals surface area contributed by atoms with E-state index in [-0.39, 0.29) is 17.6 Å². The SMILES string of the molecule is C[Si](C)(C)c1ccc(N(c2ccc(F)cc2)c2ccc(-c3ccc(N(c4ccc(F)cc4)c4ccc([Si](C)(C)C)cc4)cc3C3c4ccccc4-c4c3cc3c5c(cccc45)-c4ccccc4-3)cc2)cc1. The van der Waals surface area contributed by atoms with Gasteiger partial charge in [0.05, 0.1) is 16.1 Å². The molecule has 0 fully saturated rings. The van der Waals surface area contributed by atoms with Gasteiger partial charge >= 0.3 is 0 Å². The molecule has 6 heteroatoms. The summed E-state index contributed by atoms with van der Waals surface area (Å²) in [5.74, 6) is -0.650. The van der Waals surface area contributed by atoms with Gasteiger partial charge in [0.15, 0.2) is 0 Å². The summed E-state index contributed by atoms with van der Waals surface area (Å²) in [6, 6.07) is 74.3. The van der Waals surface area contributed by atoms with Crippen molar-refractivity contribution in [2.75, 3.05) is 9.80 Å². The van der Waals surface area contributed by atoms with Crippen LogP contribution in [0.3, 0.4) is 0 Å². The van der Waals surface area contributed by atoms with Crippen LogP contribution in [-0.2, 0) is 0 Å². The maximum absolute atomic E-state index is 14.7. The Kier molecular flexibility index (Phi) is 10.7. The van der Waals surface area contributed by atoms with Crippen LogP contribution in [0, 0.1) is 11.6 Å². The van der Waals surface area contributed by atoms with Gasteiger partial charge < -0.3 is 9.80 Å². The van der Waals surface area contributed by atoms with Gasteiger partial charge in [0.2, 0.25) is 0 Å². The molecular weight excluding hydrogens is 903 g/mol. The quantitative estimate of drug-likeness (QED) is 0.126. The molecule has 71 heavy (non-hydrogen) atoms. The monoisotopic (exact) mass is 956 g/mol. The molecule has 2 aliphatic rings. The Labute approximate surface area is 418 Å². The van der Waals surface area contributed by atoms with Crippen LogP contribution in [0.5, 0.6) is 0 Å². The molecule has 346 valence electrons. The normalized spacial score (nSPS) is 13.5. The van der Waals surface area contributed by atoms with Crippen LogP contribution in [0.15, 0.2) is 212 Å². The number of benzene rings is 10. The first-order valence-corrected chi connectivity index (χ1v) is 31.7. The van der Waals surface area contributed by atoms with Crippen LogP contribution < -0.4 is 20.2 Å². The molecule has 0 aliphatic heterocycles. The Morgan fingerprint density at radius 3 is 1.31 bits per heavy atom. The number of nitrogens with zero attached hydrogens (tertiary/aromatic N) is 2. The Hall–Kier alpha value is -7.65. The van der Waals surface area contributed by atoms with Gasteiger partial charge in [0, 0.05) is 40.0 Å². The summed E-state index contributed by atoms with van der Waals surface area (Å²) in [4.78, 5) is 4.47. The molecule has 0 saturated heterocycles. The molecule has 0 N–H and O–H groups in total. The van der Waals surface area contributed by atoms with Gasteiger partial charge in [-0.2, -0.15) is 0 Å². The van der Waals surface area contributed by atoms with E-state index < -0.39 is 16.1 Å². The summed E-state index contributed by atoms with van der Waals surface area (Å²) in [5, 5.41) is 5.36. The molecule has 0 amide bonds. The average molecular weight is 957 g/mol. The molecular formula is C65H54F2N2Si2. The third-order valence-electron chi connectivity index (χ3n) is 14.7. The van der Waals surface area contributed by atoms with Gasteiger partial charge in [-0.1, -0.05) is 159 Å². The number of halogens is 2. The van der Waals surface area contributed by atoms with Crippen molar-refractivity contribution in [3.8, 4) is 44.5 Å². The smallest absolute Gasteiger partial charge is 0.123 e. The molecule has 10 aromatic carbocycles. The van der Waals surface area contributed by atoms with Crippen LogP contribution >= 0.6 is 0 Å². The standard InChI is InChI=1S/C65H54F2N2Si2/c1-70(2,3)51-35-30-48(31-36-51)68(46-26-20-43(66)21-27-46)45-24-18-42(19-25-45)53-39-34-50(69(47-28-22-44(67)23-29-47)49-32-37-52(38-33-49)71(4,5)6)40-60(53)65-58-15-10-9-14-57(58)64-59-17-11-16-56-54-12-7-8-13-55(54)61(63(56)59)41-62(64)65/h7-41,65H,1-6H3. The van der Waals surface area contributed by atoms with E-state index >= 15 is 0 Å². The highest BCUT2D eigenvalue weighted by Gasteiger charge is 2.36. The Bertz CT molecular complexity index is 3670. The molecule has 0 saturated carbocycles. The first-order chi connectivity index (χ1) is 34.3. The van der Waals surface area contributed by atoms with E-state index in [1.165, 1.54) is 83.3 Å². The first-order valence-electron chi connectivity index (χ1n) is 24.7. The van der Waals surface area contributed by atoms with Crippen molar-refractivity contribution in [2.24, 2.45) is 0 Å². The van der Waals surface area contributed by atoms with E-state index in [4.69, 9.17) is 0 Å². The summed E-state index contributed by atoms with van der Waals surface area (Å²) in [6.07, 6.45) is 0. The Morgan fingerprint density at radius 2 is 0.775 bits per heavy atom. The van der Waals surface area contributed by atoms with Gasteiger partial charge in [-0.15, -0.1) is 0 Å². The van der Waals surface area contributed by atoms with Crippen molar-refractivity contribution >= 4 is 71.4 Å². The third kappa shape index (κ3) is 7.74. The highest BCUT2D eigenvalue weighted by molar-refractivity contribution is 6.89. The molecule has 12 rings (SSSR count). The number of hydrogen-bond donors (Lipinski definition) is 0. The zero-order chi connectivity index (χ0) is 48.8. The van der Waals surface area contributed by atoms with Crippen LogP contribution in [0.2, 0.25) is 39.3 Å². The van der Waals surface area contributed by atoms with Crippen molar-refractivity contribution in [2.45, 2.75) is 45.2 Å². The lowest BCUT2D eigenvalue weighted by Crippen LogP contribution is -2.37. The molecule has 10 aromatic rings. The number of anilines is 6. The van der Waals surface area contributed by atoms with E-state index in [0.29, 0.717) is 0 Å². The van der Waals surface area contributed by atoms with Gasteiger partial charge in [-0.05, 0) is 175 Å². The zero-order valence-corrected chi connectivity index (χ0v) is 42.9. The Balaban J connectivity index is 1.07. The Morgan fingerprint density at radius 1 is 0.338 bits per heavy atom. The lowest BCUT2D eigenvalue weighted by atomic mass is 9.82. The largest absolute Gasteiger partial charge is 0.311 e. The molecule has 0 radical (unpaired) electrons. The van der Waals surface area contributed by atoms with Gasteiger partial charge in [-0.3, -0.25) is 0 Å². The number of hydrogen-bond acceptors (Lipinski definition) is 2. The van der Waals surface area contributed by atoms with Crippen LogP contribution in [0.25, 0.3) is 55.3 Å². The fraction of sp³-hybridized carbons (Fsp3) is 0.108. The minimum atomic E-state index is -1.59. The highest BCUT2D eigenvalue weighted by atomic mass is 28.3. The topological polar surface area (TPSA) is 6.48 Å². The number of rotatable bonds is 10. The summed E-state index contributed by atoms with van der Waals surface area (Å²) in [7, 11) is -3.13. The van der Waals surface area contributed by atoms with Crippen molar-refractivity contribution < 1.29 is 8.78 Å². The van der Waals surface area contributed by atoms with Crippen molar-refractivity contribution in [3.05, 3.63) is 241 Å². The average Bonchev–Trinajstić information content (AvgIpc) is 3.89. The molecule has 2 nitrogen and oxygen atoms in total. The number of fused-ring (bicyclic) bond motifs is 7. The fourth-order valence-electron chi connectivity index (χ4n) is 11.2. The molecule has 0 bridgehead atoms. The lowest BCUT2D eigenvalue weighted by Gasteiger charge is -2.29. The lowest BCUT2D eigenvalue weighted by molar-refractivity contribution is 0.627. The molecule has 1 atom stereocenters. The predicted molar refractivity (Wildman–Crippen MR) is 302 cm³/mol. The second-order valence-electron chi connectivity index (χ2n) is 21.2. The van der Waals surface area contributed by atoms with Crippen molar-refractivity contribution in [1.29, 1.82) is 0 Å². The molecule has 0 heterocycles. The summed E-state index contributed by atoms with van der Waals surface area (Å²) < 4.78 is 29.1. The summed E-state index contributed by atoms with van der Waals surface area (Å²) >= 11 is 0. The van der Waals surface area contributed by atoms with E-state index in [2.05, 4.69) is 213 Å². The van der Waals surface area contributed by atoms with Gasteiger partial charge in [-0.25, -0.2) is 8.78 Å². The van der Waals surface area contributed by atoms with E-state index in [9.17, 15) is 8.78 Å². The molecule has 2 aliphatic carbocycles. The van der Waals surface area contributed by atoms with Crippen LogP contribution in [-0.4, -0.2) is 16.1 Å². The maximum Gasteiger partial charge on any atom is 0.123 e. The summed E-state index contributed by atoms with van der Waals surface area (Å²) in [5.41, 5.74) is 19.4. The highest BCUT2D eigenvalue weighted by Crippen LogP contribution is 2.58. The first kappa shape index (κ1) is 44.6.